The van der Waals surface area contributed by atoms with Crippen LogP contribution in [0.1, 0.15) is 5.56 Å². The number of ether oxygens (including phenoxy) is 2. The Hall–Kier alpha value is -3.12. The Morgan fingerprint density at radius 2 is 2.07 bits per heavy atom. The quantitative estimate of drug-likeness (QED) is 0.526. The fourth-order valence-corrected chi connectivity index (χ4v) is 2.98. The molecule has 0 aliphatic rings. The minimum atomic E-state index is -0.451. The Morgan fingerprint density at radius 1 is 1.26 bits per heavy atom. The first kappa shape index (κ1) is 18.7. The van der Waals surface area contributed by atoms with E-state index in [0.717, 1.165) is 22.1 Å². The average Bonchev–Trinajstić information content (AvgIpc) is 2.70. The molecule has 0 radical (unpaired) electrons. The number of hydrogen-bond donors (Lipinski definition) is 1. The Kier molecular flexibility index (Phi) is 5.57. The van der Waals surface area contributed by atoms with Gasteiger partial charge in [-0.05, 0) is 35.4 Å². The van der Waals surface area contributed by atoms with E-state index in [1.54, 1.807) is 32.5 Å². The zero-order valence-electron chi connectivity index (χ0n) is 15.1. The molecule has 0 atom stereocenters. The molecule has 0 saturated heterocycles. The van der Waals surface area contributed by atoms with Crippen molar-refractivity contribution in [3.8, 4) is 16.9 Å². The van der Waals surface area contributed by atoms with Crippen LogP contribution < -0.4 is 10.1 Å². The summed E-state index contributed by atoms with van der Waals surface area (Å²) in [5.41, 5.74) is 3.13. The average molecular weight is 384 g/mol. The maximum absolute atomic E-state index is 11.6. The molecule has 0 amide bonds. The van der Waals surface area contributed by atoms with Gasteiger partial charge in [-0.25, -0.2) is 14.8 Å². The van der Waals surface area contributed by atoms with Crippen molar-refractivity contribution >= 4 is 40.5 Å². The summed E-state index contributed by atoms with van der Waals surface area (Å²) in [6.45, 7) is 0. The molecule has 1 aromatic heterocycles. The third kappa shape index (κ3) is 3.85. The van der Waals surface area contributed by atoms with E-state index in [1.807, 2.05) is 24.3 Å². The standard InChI is InChI=1S/C20H18ClN3O3/c1-22-20-23-11-15-18(12-5-4-6-14(21)9-12)13(7-8-17(25)27-3)10-16(26-2)19(15)24-20/h4-11H,1-3H3,(H,22,23,24). The molecule has 0 saturated carbocycles. The number of anilines is 1. The number of nitrogens with one attached hydrogen (secondary N) is 1. The summed E-state index contributed by atoms with van der Waals surface area (Å²) in [5, 5.41) is 4.31. The Balaban J connectivity index is 2.36. The number of carbonyl (C=O) groups is 1. The molecule has 0 unspecified atom stereocenters. The number of benzene rings is 2. The molecular weight excluding hydrogens is 366 g/mol. The van der Waals surface area contributed by atoms with Crippen molar-refractivity contribution in [2.24, 2.45) is 0 Å². The largest absolute Gasteiger partial charge is 0.494 e. The van der Waals surface area contributed by atoms with Crippen molar-refractivity contribution in [1.29, 1.82) is 0 Å². The maximum atomic E-state index is 11.6. The Bertz CT molecular complexity index is 1030. The molecule has 0 bridgehead atoms. The highest BCUT2D eigenvalue weighted by atomic mass is 35.5. The lowest BCUT2D eigenvalue weighted by atomic mass is 9.95. The van der Waals surface area contributed by atoms with E-state index in [-0.39, 0.29) is 0 Å². The van der Waals surface area contributed by atoms with E-state index in [9.17, 15) is 4.79 Å². The van der Waals surface area contributed by atoms with E-state index < -0.39 is 5.97 Å². The van der Waals surface area contributed by atoms with Crippen LogP contribution >= 0.6 is 11.6 Å². The van der Waals surface area contributed by atoms with Crippen LogP contribution in [0.25, 0.3) is 28.1 Å². The van der Waals surface area contributed by atoms with Crippen molar-refractivity contribution in [2.45, 2.75) is 0 Å². The van der Waals surface area contributed by atoms with E-state index in [1.165, 1.54) is 13.2 Å². The van der Waals surface area contributed by atoms with Gasteiger partial charge >= 0.3 is 5.97 Å². The van der Waals surface area contributed by atoms with Gasteiger partial charge in [-0.2, -0.15) is 0 Å². The molecule has 0 aliphatic carbocycles. The number of aromatic nitrogens is 2. The molecule has 0 fully saturated rings. The van der Waals surface area contributed by atoms with Gasteiger partial charge in [0, 0.05) is 35.3 Å². The van der Waals surface area contributed by atoms with Gasteiger partial charge < -0.3 is 14.8 Å². The molecule has 0 aliphatic heterocycles. The van der Waals surface area contributed by atoms with E-state index in [4.69, 9.17) is 21.1 Å². The molecule has 3 rings (SSSR count). The highest BCUT2D eigenvalue weighted by Crippen LogP contribution is 2.38. The summed E-state index contributed by atoms with van der Waals surface area (Å²) in [6.07, 6.45) is 4.76. The van der Waals surface area contributed by atoms with Gasteiger partial charge in [-0.3, -0.25) is 0 Å². The van der Waals surface area contributed by atoms with E-state index >= 15 is 0 Å². The first-order valence-corrected chi connectivity index (χ1v) is 8.52. The van der Waals surface area contributed by atoms with Crippen molar-refractivity contribution < 1.29 is 14.3 Å². The number of carbonyl (C=O) groups excluding carboxylic acids is 1. The number of hydrogen-bond acceptors (Lipinski definition) is 6. The topological polar surface area (TPSA) is 73.3 Å². The molecular formula is C20H18ClN3O3. The molecule has 1 heterocycles. The minimum absolute atomic E-state index is 0.451. The summed E-state index contributed by atoms with van der Waals surface area (Å²) < 4.78 is 10.2. The second kappa shape index (κ2) is 8.05. The number of esters is 1. The van der Waals surface area contributed by atoms with Gasteiger partial charge in [0.05, 0.1) is 14.2 Å². The van der Waals surface area contributed by atoms with Crippen LogP contribution in [0, 0.1) is 0 Å². The van der Waals surface area contributed by atoms with Crippen LogP contribution in [0.2, 0.25) is 5.02 Å². The van der Waals surface area contributed by atoms with Gasteiger partial charge in [-0.15, -0.1) is 0 Å². The highest BCUT2D eigenvalue weighted by molar-refractivity contribution is 6.31. The number of fused-ring (bicyclic) bond motifs is 1. The van der Waals surface area contributed by atoms with E-state index in [0.29, 0.717) is 22.2 Å². The van der Waals surface area contributed by atoms with Crippen LogP contribution in [0.4, 0.5) is 5.95 Å². The first-order valence-electron chi connectivity index (χ1n) is 8.14. The lowest BCUT2D eigenvalue weighted by Gasteiger charge is -2.15. The summed E-state index contributed by atoms with van der Waals surface area (Å²) in [6, 6.07) is 9.28. The zero-order valence-corrected chi connectivity index (χ0v) is 15.9. The van der Waals surface area contributed by atoms with E-state index in [2.05, 4.69) is 15.3 Å². The summed E-state index contributed by atoms with van der Waals surface area (Å²) >= 11 is 6.20. The van der Waals surface area contributed by atoms with Crippen LogP contribution in [0.5, 0.6) is 5.75 Å². The third-order valence-electron chi connectivity index (χ3n) is 4.02. The predicted molar refractivity (Wildman–Crippen MR) is 107 cm³/mol. The van der Waals surface area contributed by atoms with Crippen LogP contribution in [0.15, 0.2) is 42.6 Å². The molecule has 1 N–H and O–H groups in total. The predicted octanol–water partition coefficient (Wildman–Crippen LogP) is 4.19. The molecule has 6 nitrogen and oxygen atoms in total. The smallest absolute Gasteiger partial charge is 0.330 e. The van der Waals surface area contributed by atoms with Gasteiger partial charge in [0.2, 0.25) is 5.95 Å². The third-order valence-corrected chi connectivity index (χ3v) is 4.26. The number of nitrogens with zero attached hydrogens (tertiary/aromatic N) is 2. The lowest BCUT2D eigenvalue weighted by Crippen LogP contribution is -2.00. The number of methoxy groups -OCH3 is 2. The first-order chi connectivity index (χ1) is 13.1. The molecule has 2 aromatic carbocycles. The lowest BCUT2D eigenvalue weighted by molar-refractivity contribution is -0.134. The molecule has 7 heteroatoms. The van der Waals surface area contributed by atoms with Crippen molar-refractivity contribution in [3.05, 3.63) is 53.2 Å². The summed E-state index contributed by atoms with van der Waals surface area (Å²) in [4.78, 5) is 20.5. The SMILES string of the molecule is CNc1ncc2c(-c3cccc(Cl)c3)c(C=CC(=O)OC)cc(OC)c2n1. The van der Waals surface area contributed by atoms with Crippen LogP contribution in [-0.4, -0.2) is 37.2 Å². The maximum Gasteiger partial charge on any atom is 0.330 e. The number of halogens is 1. The van der Waals surface area contributed by atoms with Crippen LogP contribution in [0.3, 0.4) is 0 Å². The van der Waals surface area contributed by atoms with Gasteiger partial charge in [0.15, 0.2) is 0 Å². The molecule has 3 aromatic rings. The fraction of sp³-hybridized carbons (Fsp3) is 0.150. The van der Waals surface area contributed by atoms with Gasteiger partial charge in [0.25, 0.3) is 0 Å². The van der Waals surface area contributed by atoms with Crippen LogP contribution in [-0.2, 0) is 9.53 Å². The zero-order chi connectivity index (χ0) is 19.4. The van der Waals surface area contributed by atoms with Crippen molar-refractivity contribution in [2.75, 3.05) is 26.6 Å². The molecule has 138 valence electrons. The van der Waals surface area contributed by atoms with Crippen molar-refractivity contribution in [1.82, 2.24) is 9.97 Å². The minimum Gasteiger partial charge on any atom is -0.494 e. The number of rotatable bonds is 5. The Morgan fingerprint density at radius 3 is 2.74 bits per heavy atom. The monoisotopic (exact) mass is 383 g/mol. The second-order valence-corrected chi connectivity index (χ2v) is 6.05. The second-order valence-electron chi connectivity index (χ2n) is 5.62. The molecule has 27 heavy (non-hydrogen) atoms. The Labute approximate surface area is 161 Å². The summed E-state index contributed by atoms with van der Waals surface area (Å²) in [5.74, 6) is 0.600. The van der Waals surface area contributed by atoms with Gasteiger partial charge in [0.1, 0.15) is 11.3 Å². The van der Waals surface area contributed by atoms with Gasteiger partial charge in [-0.1, -0.05) is 23.7 Å². The summed E-state index contributed by atoms with van der Waals surface area (Å²) in [7, 11) is 4.65. The van der Waals surface area contributed by atoms with Crippen molar-refractivity contribution in [3.63, 3.8) is 0 Å². The fourth-order valence-electron chi connectivity index (χ4n) is 2.79. The highest BCUT2D eigenvalue weighted by Gasteiger charge is 2.16. The normalized spacial score (nSPS) is 11.0. The molecule has 0 spiro atoms.